The molecule has 1 aromatic carbocycles. The summed E-state index contributed by atoms with van der Waals surface area (Å²) in [6.07, 6.45) is -2.97. The molecule has 2 fully saturated rings. The Bertz CT molecular complexity index is 1450. The van der Waals surface area contributed by atoms with E-state index in [1.165, 1.54) is 11.1 Å². The lowest BCUT2D eigenvalue weighted by Crippen LogP contribution is -2.59. The largest absolute Gasteiger partial charge is 0.490 e. The van der Waals surface area contributed by atoms with Crippen molar-refractivity contribution in [2.45, 2.75) is 43.9 Å². The molecule has 2 saturated heterocycles. The molecule has 3 aromatic rings. The Morgan fingerprint density at radius 3 is 2.09 bits per heavy atom. The van der Waals surface area contributed by atoms with Crippen molar-refractivity contribution in [3.05, 3.63) is 95.6 Å². The molecular weight excluding hydrogens is 626 g/mol. The van der Waals surface area contributed by atoms with E-state index in [1.54, 1.807) is 18.6 Å². The minimum absolute atomic E-state index is 0.0613. The van der Waals surface area contributed by atoms with Crippen LogP contribution in [0, 0.1) is 6.92 Å². The first-order chi connectivity index (χ1) is 21.5. The molecule has 1 spiro atoms. The van der Waals surface area contributed by atoms with Crippen LogP contribution in [-0.4, -0.2) is 92.0 Å². The second-order valence-electron chi connectivity index (χ2n) is 10.4. The van der Waals surface area contributed by atoms with Gasteiger partial charge < -0.3 is 19.8 Å². The summed E-state index contributed by atoms with van der Waals surface area (Å²) in [6.45, 7) is 5.94. The number of nitrogens with zero attached hydrogens (tertiary/aromatic N) is 4. The van der Waals surface area contributed by atoms with Gasteiger partial charge in [0.1, 0.15) is 0 Å². The summed E-state index contributed by atoms with van der Waals surface area (Å²) in [6, 6.07) is 16.5. The van der Waals surface area contributed by atoms with Crippen LogP contribution in [0.1, 0.15) is 28.2 Å². The van der Waals surface area contributed by atoms with Gasteiger partial charge in [-0.05, 0) is 41.8 Å². The average Bonchev–Trinajstić information content (AvgIpc) is 3.34. The Kier molecular flexibility index (Phi) is 11.8. The molecule has 16 heteroatoms. The van der Waals surface area contributed by atoms with Crippen molar-refractivity contribution in [2.75, 3.05) is 26.2 Å². The van der Waals surface area contributed by atoms with E-state index in [9.17, 15) is 31.1 Å². The molecule has 46 heavy (non-hydrogen) atoms. The summed E-state index contributed by atoms with van der Waals surface area (Å²) in [4.78, 5) is 44.4. The number of likely N-dealkylation sites (tertiary alicyclic amines) is 1. The maximum Gasteiger partial charge on any atom is 0.490 e. The van der Waals surface area contributed by atoms with E-state index in [1.807, 2.05) is 29.3 Å². The highest BCUT2D eigenvalue weighted by molar-refractivity contribution is 5.88. The SMILES string of the molecule is Cc1cccc(CN2CC(c3cccnc3)C3(C2)OCCN(Cc2ccncc2)C3=O)c1.O=C(O)C(F)(F)F.O=C(O)C(F)(F)F. The minimum atomic E-state index is -5.08. The molecule has 2 atom stereocenters. The van der Waals surface area contributed by atoms with Gasteiger partial charge in [0.2, 0.25) is 0 Å². The van der Waals surface area contributed by atoms with E-state index in [2.05, 4.69) is 52.1 Å². The van der Waals surface area contributed by atoms with Gasteiger partial charge in [-0.3, -0.25) is 19.7 Å². The number of amides is 1. The van der Waals surface area contributed by atoms with Crippen LogP contribution >= 0.6 is 0 Å². The van der Waals surface area contributed by atoms with Crippen LogP contribution in [0.5, 0.6) is 0 Å². The van der Waals surface area contributed by atoms with Gasteiger partial charge in [0.15, 0.2) is 5.60 Å². The van der Waals surface area contributed by atoms with Crippen molar-refractivity contribution in [1.82, 2.24) is 19.8 Å². The maximum absolute atomic E-state index is 13.9. The van der Waals surface area contributed by atoms with Gasteiger partial charge in [0.05, 0.1) is 6.61 Å². The number of hydrogen-bond acceptors (Lipinski definition) is 7. The van der Waals surface area contributed by atoms with Crippen LogP contribution in [0.4, 0.5) is 26.3 Å². The Balaban J connectivity index is 0.000000345. The highest BCUT2D eigenvalue weighted by atomic mass is 19.4. The van der Waals surface area contributed by atoms with Gasteiger partial charge in [0.25, 0.3) is 5.91 Å². The smallest absolute Gasteiger partial charge is 0.475 e. The molecule has 2 aliphatic rings. The number of carboxylic acids is 2. The fourth-order valence-electron chi connectivity index (χ4n) is 5.05. The summed E-state index contributed by atoms with van der Waals surface area (Å²) in [5.41, 5.74) is 3.74. The van der Waals surface area contributed by atoms with Crippen molar-refractivity contribution in [1.29, 1.82) is 0 Å². The zero-order chi connectivity index (χ0) is 34.1. The van der Waals surface area contributed by atoms with E-state index in [4.69, 9.17) is 24.5 Å². The molecular formula is C30H30F6N4O6. The summed E-state index contributed by atoms with van der Waals surface area (Å²) >= 11 is 0. The Morgan fingerprint density at radius 1 is 0.913 bits per heavy atom. The molecule has 2 unspecified atom stereocenters. The zero-order valence-electron chi connectivity index (χ0n) is 24.3. The number of ether oxygens (including phenoxy) is 1. The monoisotopic (exact) mass is 656 g/mol. The number of pyridine rings is 2. The summed E-state index contributed by atoms with van der Waals surface area (Å²) < 4.78 is 69.9. The fraction of sp³-hybridized carbons (Fsp3) is 0.367. The maximum atomic E-state index is 13.9. The topological polar surface area (TPSA) is 133 Å². The first-order valence-corrected chi connectivity index (χ1v) is 13.6. The van der Waals surface area contributed by atoms with E-state index in [-0.39, 0.29) is 11.8 Å². The van der Waals surface area contributed by atoms with Gasteiger partial charge in [-0.2, -0.15) is 26.3 Å². The van der Waals surface area contributed by atoms with Crippen molar-refractivity contribution in [2.24, 2.45) is 0 Å². The van der Waals surface area contributed by atoms with Crippen LogP contribution in [-0.2, 0) is 32.2 Å². The second kappa shape index (κ2) is 15.1. The predicted octanol–water partition coefficient (Wildman–Crippen LogP) is 4.45. The number of aromatic nitrogens is 2. The highest BCUT2D eigenvalue weighted by Crippen LogP contribution is 2.42. The average molecular weight is 657 g/mol. The molecule has 0 aliphatic carbocycles. The quantitative estimate of drug-likeness (QED) is 0.383. The van der Waals surface area contributed by atoms with Crippen molar-refractivity contribution in [3.8, 4) is 0 Å². The van der Waals surface area contributed by atoms with Gasteiger partial charge in [-0.15, -0.1) is 0 Å². The third-order valence-corrected chi connectivity index (χ3v) is 7.02. The van der Waals surface area contributed by atoms with Crippen LogP contribution in [0.2, 0.25) is 0 Å². The second-order valence-corrected chi connectivity index (χ2v) is 10.4. The number of carbonyl (C=O) groups excluding carboxylic acids is 1. The molecule has 0 bridgehead atoms. The molecule has 5 rings (SSSR count). The van der Waals surface area contributed by atoms with E-state index in [0.29, 0.717) is 26.2 Å². The molecule has 0 radical (unpaired) electrons. The number of rotatable bonds is 5. The lowest BCUT2D eigenvalue weighted by molar-refractivity contribution is -0.193. The van der Waals surface area contributed by atoms with Crippen LogP contribution in [0.3, 0.4) is 0 Å². The number of hydrogen-bond donors (Lipinski definition) is 2. The number of halogens is 6. The fourth-order valence-corrected chi connectivity index (χ4v) is 5.05. The minimum Gasteiger partial charge on any atom is -0.475 e. The van der Waals surface area contributed by atoms with Crippen molar-refractivity contribution >= 4 is 17.8 Å². The van der Waals surface area contributed by atoms with E-state index >= 15 is 0 Å². The standard InChI is InChI=1S/C26H28N4O2.2C2HF3O2/c1-20-4-2-5-22(14-20)16-29-18-24(23-6-3-9-28-15-23)26(19-29)25(31)30(12-13-32-26)17-21-7-10-27-11-8-21;2*3-2(4,5)1(6)7/h2-11,14-15,24H,12-13,16-19H2,1H3;2*(H,6,7). The number of aliphatic carboxylic acids is 2. The Labute approximate surface area is 259 Å². The molecule has 10 nitrogen and oxygen atoms in total. The zero-order valence-corrected chi connectivity index (χ0v) is 24.3. The Hall–Kier alpha value is -4.57. The molecule has 248 valence electrons. The van der Waals surface area contributed by atoms with Crippen LogP contribution in [0.25, 0.3) is 0 Å². The van der Waals surface area contributed by atoms with E-state index in [0.717, 1.165) is 24.2 Å². The molecule has 2 N–H and O–H groups in total. The first kappa shape index (κ1) is 35.9. The van der Waals surface area contributed by atoms with Gasteiger partial charge in [-0.25, -0.2) is 9.59 Å². The number of carbonyl (C=O) groups is 3. The molecule has 2 aliphatic heterocycles. The number of carboxylic acid groups (broad SMARTS) is 2. The van der Waals surface area contributed by atoms with Crippen molar-refractivity contribution in [3.63, 3.8) is 0 Å². The number of morpholine rings is 1. The number of benzene rings is 1. The predicted molar refractivity (Wildman–Crippen MR) is 149 cm³/mol. The number of alkyl halides is 6. The normalized spacial score (nSPS) is 19.9. The van der Waals surface area contributed by atoms with Gasteiger partial charge in [0, 0.05) is 63.4 Å². The van der Waals surface area contributed by atoms with Crippen LogP contribution in [0.15, 0.2) is 73.3 Å². The lowest BCUT2D eigenvalue weighted by atomic mass is 9.83. The highest BCUT2D eigenvalue weighted by Gasteiger charge is 2.57. The summed E-state index contributed by atoms with van der Waals surface area (Å²) in [5, 5.41) is 14.2. The van der Waals surface area contributed by atoms with E-state index < -0.39 is 29.9 Å². The van der Waals surface area contributed by atoms with Crippen molar-refractivity contribution < 1.29 is 55.7 Å². The molecule has 2 aromatic heterocycles. The Morgan fingerprint density at radius 2 is 1.54 bits per heavy atom. The first-order valence-electron chi connectivity index (χ1n) is 13.6. The number of aryl methyl sites for hydroxylation is 1. The summed E-state index contributed by atoms with van der Waals surface area (Å²) in [7, 11) is 0. The van der Waals surface area contributed by atoms with Crippen LogP contribution < -0.4 is 0 Å². The van der Waals surface area contributed by atoms with Gasteiger partial charge >= 0.3 is 24.3 Å². The van der Waals surface area contributed by atoms with Gasteiger partial charge in [-0.1, -0.05) is 35.9 Å². The molecule has 0 saturated carbocycles. The lowest BCUT2D eigenvalue weighted by Gasteiger charge is -2.42. The molecule has 4 heterocycles. The third kappa shape index (κ3) is 9.71. The summed E-state index contributed by atoms with van der Waals surface area (Å²) in [5.74, 6) is -5.50. The third-order valence-electron chi connectivity index (χ3n) is 7.02. The molecule has 1 amide bonds.